The molecule has 5 nitrogen and oxygen atoms in total. The second-order valence-electron chi connectivity index (χ2n) is 5.11. The van der Waals surface area contributed by atoms with E-state index in [2.05, 4.69) is 9.97 Å². The monoisotopic (exact) mass is 300 g/mol. The summed E-state index contributed by atoms with van der Waals surface area (Å²) in [5, 5.41) is 0. The molecule has 2 heterocycles. The number of pyridine rings is 2. The number of rotatable bonds is 7. The van der Waals surface area contributed by atoms with Crippen LogP contribution in [0, 0.1) is 0 Å². The number of carbonyl (C=O) groups excluding carboxylic acids is 1. The third-order valence-corrected chi connectivity index (χ3v) is 2.87. The van der Waals surface area contributed by atoms with Gasteiger partial charge in [0.05, 0.1) is 18.3 Å². The molecule has 2 rings (SSSR count). The molecule has 2 aromatic rings. The minimum Gasteiger partial charge on any atom is -0.475 e. The molecule has 0 amide bonds. The van der Waals surface area contributed by atoms with E-state index in [-0.39, 0.29) is 12.1 Å². The number of esters is 1. The number of hydrogen-bond acceptors (Lipinski definition) is 5. The molecule has 0 saturated heterocycles. The van der Waals surface area contributed by atoms with Crippen molar-refractivity contribution in [2.75, 3.05) is 6.61 Å². The van der Waals surface area contributed by atoms with Gasteiger partial charge in [-0.05, 0) is 44.9 Å². The van der Waals surface area contributed by atoms with E-state index in [0.29, 0.717) is 18.1 Å². The first-order valence-electron chi connectivity index (χ1n) is 7.35. The summed E-state index contributed by atoms with van der Waals surface area (Å²) >= 11 is 0. The summed E-state index contributed by atoms with van der Waals surface area (Å²) < 4.78 is 10.6. The standard InChI is InChI=1S/C17H20N2O3/c1-13(2)22-16-9-8-14(12-19-16)17(20)21-11-5-7-15-6-3-4-10-18-15/h3-4,6,8-10,12-13H,5,7,11H2,1-2H3. The van der Waals surface area contributed by atoms with E-state index < -0.39 is 0 Å². The first-order chi connectivity index (χ1) is 10.6. The van der Waals surface area contributed by atoms with E-state index in [0.717, 1.165) is 18.5 Å². The third-order valence-electron chi connectivity index (χ3n) is 2.87. The van der Waals surface area contributed by atoms with Gasteiger partial charge in [-0.3, -0.25) is 4.98 Å². The van der Waals surface area contributed by atoms with Gasteiger partial charge in [0, 0.05) is 24.2 Å². The maximum absolute atomic E-state index is 11.9. The Morgan fingerprint density at radius 3 is 2.68 bits per heavy atom. The van der Waals surface area contributed by atoms with Crippen molar-refractivity contribution in [3.05, 3.63) is 54.0 Å². The molecule has 5 heteroatoms. The molecule has 116 valence electrons. The molecule has 0 spiro atoms. The lowest BCUT2D eigenvalue weighted by atomic mass is 10.2. The van der Waals surface area contributed by atoms with Gasteiger partial charge in [0.25, 0.3) is 0 Å². The van der Waals surface area contributed by atoms with Crippen molar-refractivity contribution in [2.45, 2.75) is 32.8 Å². The van der Waals surface area contributed by atoms with Gasteiger partial charge < -0.3 is 9.47 Å². The van der Waals surface area contributed by atoms with Crippen molar-refractivity contribution in [1.82, 2.24) is 9.97 Å². The molecule has 0 aliphatic rings. The van der Waals surface area contributed by atoms with Crippen LogP contribution in [0.2, 0.25) is 0 Å². The lowest BCUT2D eigenvalue weighted by Crippen LogP contribution is -2.09. The highest BCUT2D eigenvalue weighted by molar-refractivity contribution is 5.89. The van der Waals surface area contributed by atoms with Crippen LogP contribution >= 0.6 is 0 Å². The second-order valence-corrected chi connectivity index (χ2v) is 5.11. The molecule has 0 unspecified atom stereocenters. The number of aromatic nitrogens is 2. The molecular formula is C17H20N2O3. The average molecular weight is 300 g/mol. The quantitative estimate of drug-likeness (QED) is 0.581. The lowest BCUT2D eigenvalue weighted by Gasteiger charge is -2.09. The van der Waals surface area contributed by atoms with Gasteiger partial charge in [-0.15, -0.1) is 0 Å². The van der Waals surface area contributed by atoms with E-state index >= 15 is 0 Å². The fourth-order valence-corrected chi connectivity index (χ4v) is 1.86. The number of ether oxygens (including phenoxy) is 2. The highest BCUT2D eigenvalue weighted by Gasteiger charge is 2.08. The number of hydrogen-bond donors (Lipinski definition) is 0. The van der Waals surface area contributed by atoms with Gasteiger partial charge in [0.1, 0.15) is 0 Å². The van der Waals surface area contributed by atoms with Crippen LogP contribution in [0.4, 0.5) is 0 Å². The highest BCUT2D eigenvalue weighted by Crippen LogP contribution is 2.10. The zero-order valence-electron chi connectivity index (χ0n) is 12.9. The van der Waals surface area contributed by atoms with Crippen LogP contribution in [0.3, 0.4) is 0 Å². The first-order valence-corrected chi connectivity index (χ1v) is 7.35. The van der Waals surface area contributed by atoms with Crippen molar-refractivity contribution >= 4 is 5.97 Å². The molecular weight excluding hydrogens is 280 g/mol. The van der Waals surface area contributed by atoms with Crippen molar-refractivity contribution in [3.63, 3.8) is 0 Å². The third kappa shape index (κ3) is 5.16. The topological polar surface area (TPSA) is 61.3 Å². The summed E-state index contributed by atoms with van der Waals surface area (Å²) in [5.41, 5.74) is 1.42. The van der Waals surface area contributed by atoms with E-state index in [1.165, 1.54) is 6.20 Å². The molecule has 0 aliphatic carbocycles. The van der Waals surface area contributed by atoms with Crippen molar-refractivity contribution in [3.8, 4) is 5.88 Å². The summed E-state index contributed by atoms with van der Waals surface area (Å²) in [6.45, 7) is 4.20. The van der Waals surface area contributed by atoms with E-state index in [4.69, 9.17) is 9.47 Å². The van der Waals surface area contributed by atoms with Crippen LogP contribution < -0.4 is 4.74 Å². The molecule has 22 heavy (non-hydrogen) atoms. The summed E-state index contributed by atoms with van der Waals surface area (Å²) in [6.07, 6.45) is 4.81. The Bertz CT molecular complexity index is 583. The molecule has 0 saturated carbocycles. The number of aryl methyl sites for hydroxylation is 1. The summed E-state index contributed by atoms with van der Waals surface area (Å²) in [7, 11) is 0. The minimum absolute atomic E-state index is 0.0527. The van der Waals surface area contributed by atoms with Gasteiger partial charge in [-0.2, -0.15) is 0 Å². The summed E-state index contributed by atoms with van der Waals surface area (Å²) in [4.78, 5) is 20.2. The van der Waals surface area contributed by atoms with E-state index in [9.17, 15) is 4.79 Å². The lowest BCUT2D eigenvalue weighted by molar-refractivity contribution is 0.0500. The Labute approximate surface area is 130 Å². The van der Waals surface area contributed by atoms with E-state index in [1.807, 2.05) is 32.0 Å². The Morgan fingerprint density at radius 1 is 1.18 bits per heavy atom. The van der Waals surface area contributed by atoms with Crippen LogP contribution in [0.1, 0.15) is 36.3 Å². The van der Waals surface area contributed by atoms with Crippen molar-refractivity contribution < 1.29 is 14.3 Å². The Kier molecular flexibility index (Phi) is 5.89. The van der Waals surface area contributed by atoms with Crippen molar-refractivity contribution in [1.29, 1.82) is 0 Å². The molecule has 0 radical (unpaired) electrons. The Balaban J connectivity index is 1.75. The van der Waals surface area contributed by atoms with Crippen molar-refractivity contribution in [2.24, 2.45) is 0 Å². The van der Waals surface area contributed by atoms with Gasteiger partial charge >= 0.3 is 5.97 Å². The molecule has 0 N–H and O–H groups in total. The zero-order valence-corrected chi connectivity index (χ0v) is 12.9. The normalized spacial score (nSPS) is 10.5. The SMILES string of the molecule is CC(C)Oc1ccc(C(=O)OCCCc2ccccn2)cn1. The molecule has 0 bridgehead atoms. The predicted molar refractivity (Wildman–Crippen MR) is 82.8 cm³/mol. The fourth-order valence-electron chi connectivity index (χ4n) is 1.86. The van der Waals surface area contributed by atoms with Gasteiger partial charge in [-0.25, -0.2) is 9.78 Å². The maximum Gasteiger partial charge on any atom is 0.339 e. The summed E-state index contributed by atoms with van der Waals surface area (Å²) in [6, 6.07) is 9.11. The number of nitrogens with zero attached hydrogens (tertiary/aromatic N) is 2. The minimum atomic E-state index is -0.371. The van der Waals surface area contributed by atoms with Gasteiger partial charge in [0.2, 0.25) is 5.88 Å². The second kappa shape index (κ2) is 8.12. The first kappa shape index (κ1) is 15.9. The molecule has 2 aromatic heterocycles. The van der Waals surface area contributed by atoms with Gasteiger partial charge in [0.15, 0.2) is 0 Å². The Morgan fingerprint density at radius 2 is 2.05 bits per heavy atom. The largest absolute Gasteiger partial charge is 0.475 e. The molecule has 0 atom stereocenters. The number of carbonyl (C=O) groups is 1. The molecule has 0 fully saturated rings. The van der Waals surface area contributed by atoms with E-state index in [1.54, 1.807) is 18.3 Å². The predicted octanol–water partition coefficient (Wildman–Crippen LogP) is 3.05. The van der Waals surface area contributed by atoms with Crippen LogP contribution in [0.5, 0.6) is 5.88 Å². The average Bonchev–Trinajstić information content (AvgIpc) is 2.52. The van der Waals surface area contributed by atoms with Crippen LogP contribution in [-0.4, -0.2) is 28.6 Å². The fraction of sp³-hybridized carbons (Fsp3) is 0.353. The van der Waals surface area contributed by atoms with Crippen LogP contribution in [0.25, 0.3) is 0 Å². The molecule has 0 aromatic carbocycles. The zero-order chi connectivity index (χ0) is 15.8. The Hall–Kier alpha value is -2.43. The summed E-state index contributed by atoms with van der Waals surface area (Å²) in [5.74, 6) is 0.131. The van der Waals surface area contributed by atoms with Crippen LogP contribution in [0.15, 0.2) is 42.7 Å². The smallest absolute Gasteiger partial charge is 0.339 e. The highest BCUT2D eigenvalue weighted by atomic mass is 16.5. The van der Waals surface area contributed by atoms with Crippen LogP contribution in [-0.2, 0) is 11.2 Å². The maximum atomic E-state index is 11.9. The van der Waals surface area contributed by atoms with Gasteiger partial charge in [-0.1, -0.05) is 6.07 Å². The molecule has 0 aliphatic heterocycles.